The number of benzene rings is 1. The van der Waals surface area contributed by atoms with Gasteiger partial charge in [-0.05, 0) is 29.4 Å². The molecule has 0 heterocycles. The molecule has 3 nitrogen and oxygen atoms in total. The SMILES string of the molecule is CC(C)CSCCNCc1cccc(C(=O)O)c1. The lowest BCUT2D eigenvalue weighted by molar-refractivity contribution is 0.0696. The van der Waals surface area contributed by atoms with Gasteiger partial charge >= 0.3 is 5.97 Å². The molecule has 0 saturated carbocycles. The van der Waals surface area contributed by atoms with E-state index in [0.29, 0.717) is 5.56 Å². The molecule has 18 heavy (non-hydrogen) atoms. The number of carboxylic acid groups (broad SMARTS) is 1. The van der Waals surface area contributed by atoms with Crippen LogP contribution in [0.3, 0.4) is 0 Å². The van der Waals surface area contributed by atoms with Crippen LogP contribution in [-0.4, -0.2) is 29.1 Å². The minimum Gasteiger partial charge on any atom is -0.478 e. The molecule has 0 unspecified atom stereocenters. The van der Waals surface area contributed by atoms with Crippen molar-refractivity contribution in [2.24, 2.45) is 5.92 Å². The van der Waals surface area contributed by atoms with Gasteiger partial charge < -0.3 is 10.4 Å². The summed E-state index contributed by atoms with van der Waals surface area (Å²) in [5.74, 6) is 2.15. The molecule has 1 aromatic carbocycles. The molecule has 0 aliphatic heterocycles. The van der Waals surface area contributed by atoms with Gasteiger partial charge in [0.2, 0.25) is 0 Å². The van der Waals surface area contributed by atoms with Crippen molar-refractivity contribution in [3.8, 4) is 0 Å². The Bertz CT molecular complexity index is 380. The molecule has 0 fully saturated rings. The topological polar surface area (TPSA) is 49.3 Å². The number of nitrogens with one attached hydrogen (secondary N) is 1. The van der Waals surface area contributed by atoms with Gasteiger partial charge in [-0.3, -0.25) is 0 Å². The van der Waals surface area contributed by atoms with Crippen molar-refractivity contribution >= 4 is 17.7 Å². The number of aromatic carboxylic acids is 1. The van der Waals surface area contributed by atoms with Crippen molar-refractivity contribution in [1.82, 2.24) is 5.32 Å². The van der Waals surface area contributed by atoms with Crippen LogP contribution in [0, 0.1) is 5.92 Å². The lowest BCUT2D eigenvalue weighted by atomic mass is 10.1. The second-order valence-electron chi connectivity index (χ2n) is 4.65. The van der Waals surface area contributed by atoms with Crippen LogP contribution in [0.25, 0.3) is 0 Å². The maximum atomic E-state index is 10.8. The highest BCUT2D eigenvalue weighted by Crippen LogP contribution is 2.07. The Morgan fingerprint density at radius 3 is 2.89 bits per heavy atom. The highest BCUT2D eigenvalue weighted by atomic mass is 32.2. The first kappa shape index (κ1) is 15.1. The number of carboxylic acids is 1. The normalized spacial score (nSPS) is 10.8. The summed E-state index contributed by atoms with van der Waals surface area (Å²) in [6, 6.07) is 7.07. The van der Waals surface area contributed by atoms with Crippen molar-refractivity contribution in [1.29, 1.82) is 0 Å². The van der Waals surface area contributed by atoms with E-state index in [4.69, 9.17) is 5.11 Å². The molecule has 0 amide bonds. The van der Waals surface area contributed by atoms with Crippen LogP contribution in [0.2, 0.25) is 0 Å². The second-order valence-corrected chi connectivity index (χ2v) is 5.80. The Morgan fingerprint density at radius 2 is 2.22 bits per heavy atom. The summed E-state index contributed by atoms with van der Waals surface area (Å²) in [6.07, 6.45) is 0. The fourth-order valence-electron chi connectivity index (χ4n) is 1.51. The minimum atomic E-state index is -0.871. The zero-order chi connectivity index (χ0) is 13.4. The molecule has 0 aromatic heterocycles. The van der Waals surface area contributed by atoms with Crippen LogP contribution in [0.1, 0.15) is 29.8 Å². The van der Waals surface area contributed by atoms with Gasteiger partial charge in [-0.2, -0.15) is 11.8 Å². The zero-order valence-corrected chi connectivity index (χ0v) is 11.8. The first-order chi connectivity index (χ1) is 8.59. The third-order valence-electron chi connectivity index (χ3n) is 2.38. The van der Waals surface area contributed by atoms with Gasteiger partial charge in [-0.25, -0.2) is 4.79 Å². The molecule has 100 valence electrons. The van der Waals surface area contributed by atoms with Gasteiger partial charge in [-0.1, -0.05) is 26.0 Å². The van der Waals surface area contributed by atoms with Crippen LogP contribution < -0.4 is 5.32 Å². The van der Waals surface area contributed by atoms with E-state index in [1.54, 1.807) is 18.2 Å². The average molecular weight is 267 g/mol. The molecule has 1 aromatic rings. The van der Waals surface area contributed by atoms with E-state index < -0.39 is 5.97 Å². The van der Waals surface area contributed by atoms with Gasteiger partial charge in [0, 0.05) is 18.8 Å². The first-order valence-electron chi connectivity index (χ1n) is 6.20. The maximum absolute atomic E-state index is 10.8. The molecule has 0 atom stereocenters. The summed E-state index contributed by atoms with van der Waals surface area (Å²) >= 11 is 1.95. The highest BCUT2D eigenvalue weighted by Gasteiger charge is 2.02. The van der Waals surface area contributed by atoms with Gasteiger partial charge in [0.25, 0.3) is 0 Å². The lowest BCUT2D eigenvalue weighted by Crippen LogP contribution is -2.17. The summed E-state index contributed by atoms with van der Waals surface area (Å²) in [7, 11) is 0. The van der Waals surface area contributed by atoms with Crippen molar-refractivity contribution in [2.75, 3.05) is 18.1 Å². The molecule has 4 heteroatoms. The zero-order valence-electron chi connectivity index (χ0n) is 11.0. The Morgan fingerprint density at radius 1 is 1.44 bits per heavy atom. The van der Waals surface area contributed by atoms with Gasteiger partial charge in [-0.15, -0.1) is 0 Å². The van der Waals surface area contributed by atoms with E-state index in [9.17, 15) is 4.79 Å². The molecule has 0 saturated heterocycles. The number of hydrogen-bond acceptors (Lipinski definition) is 3. The Balaban J connectivity index is 2.23. The summed E-state index contributed by atoms with van der Waals surface area (Å²) in [6.45, 7) is 6.12. The Labute approximate surface area is 113 Å². The van der Waals surface area contributed by atoms with Gasteiger partial charge in [0.15, 0.2) is 0 Å². The van der Waals surface area contributed by atoms with Crippen LogP contribution in [-0.2, 0) is 6.54 Å². The van der Waals surface area contributed by atoms with E-state index in [1.165, 1.54) is 5.75 Å². The maximum Gasteiger partial charge on any atom is 0.335 e. The number of hydrogen-bond donors (Lipinski definition) is 2. The monoisotopic (exact) mass is 267 g/mol. The molecule has 0 spiro atoms. The van der Waals surface area contributed by atoms with Crippen LogP contribution in [0.15, 0.2) is 24.3 Å². The van der Waals surface area contributed by atoms with Crippen molar-refractivity contribution in [3.05, 3.63) is 35.4 Å². The minimum absolute atomic E-state index is 0.350. The van der Waals surface area contributed by atoms with E-state index >= 15 is 0 Å². The first-order valence-corrected chi connectivity index (χ1v) is 7.35. The van der Waals surface area contributed by atoms with Crippen molar-refractivity contribution < 1.29 is 9.90 Å². The molecule has 2 N–H and O–H groups in total. The van der Waals surface area contributed by atoms with E-state index in [2.05, 4.69) is 19.2 Å². The summed E-state index contributed by atoms with van der Waals surface area (Å²) in [5.41, 5.74) is 1.37. The molecule has 1 rings (SSSR count). The van der Waals surface area contributed by atoms with Crippen LogP contribution >= 0.6 is 11.8 Å². The van der Waals surface area contributed by atoms with E-state index in [1.807, 2.05) is 17.8 Å². The third-order valence-corrected chi connectivity index (χ3v) is 3.77. The summed E-state index contributed by atoms with van der Waals surface area (Å²) < 4.78 is 0. The lowest BCUT2D eigenvalue weighted by Gasteiger charge is -2.07. The molecule has 0 aliphatic carbocycles. The Kier molecular flexibility index (Phi) is 6.83. The fourth-order valence-corrected chi connectivity index (χ4v) is 2.44. The number of rotatable bonds is 8. The molecular weight excluding hydrogens is 246 g/mol. The predicted molar refractivity (Wildman–Crippen MR) is 77.3 cm³/mol. The van der Waals surface area contributed by atoms with Gasteiger partial charge in [0.1, 0.15) is 0 Å². The summed E-state index contributed by atoms with van der Waals surface area (Å²) in [4.78, 5) is 10.8. The van der Waals surface area contributed by atoms with Crippen molar-refractivity contribution in [3.63, 3.8) is 0 Å². The Hall–Kier alpha value is -1.00. The highest BCUT2D eigenvalue weighted by molar-refractivity contribution is 7.99. The smallest absolute Gasteiger partial charge is 0.335 e. The van der Waals surface area contributed by atoms with Crippen LogP contribution in [0.5, 0.6) is 0 Å². The van der Waals surface area contributed by atoms with Crippen molar-refractivity contribution in [2.45, 2.75) is 20.4 Å². The van der Waals surface area contributed by atoms with Crippen LogP contribution in [0.4, 0.5) is 0 Å². The molecular formula is C14H21NO2S. The average Bonchev–Trinajstić information content (AvgIpc) is 2.33. The number of carbonyl (C=O) groups is 1. The standard InChI is InChI=1S/C14H21NO2S/c1-11(2)10-18-7-6-15-9-12-4-3-5-13(8-12)14(16)17/h3-5,8,11,15H,6-7,9-10H2,1-2H3,(H,16,17). The third kappa shape index (κ3) is 6.07. The quantitative estimate of drug-likeness (QED) is 0.711. The van der Waals surface area contributed by atoms with E-state index in [0.717, 1.165) is 30.3 Å². The molecule has 0 bridgehead atoms. The molecule has 0 radical (unpaired) electrons. The largest absolute Gasteiger partial charge is 0.478 e. The van der Waals surface area contributed by atoms with E-state index in [-0.39, 0.29) is 0 Å². The predicted octanol–water partition coefficient (Wildman–Crippen LogP) is 2.86. The second kappa shape index (κ2) is 8.16. The molecule has 0 aliphatic rings. The number of thioether (sulfide) groups is 1. The van der Waals surface area contributed by atoms with Gasteiger partial charge in [0.05, 0.1) is 5.56 Å². The summed E-state index contributed by atoms with van der Waals surface area (Å²) in [5, 5.41) is 12.2. The fraction of sp³-hybridized carbons (Fsp3) is 0.500.